The molecule has 0 aromatic carbocycles. The number of nitrogens with one attached hydrogen (secondary N) is 2. The lowest BCUT2D eigenvalue weighted by molar-refractivity contribution is 0.0841. The lowest BCUT2D eigenvalue weighted by Gasteiger charge is -2.38. The molecule has 7 nitrogen and oxygen atoms in total. The molecule has 100 valence electrons. The summed E-state index contributed by atoms with van der Waals surface area (Å²) < 4.78 is 22.9. The van der Waals surface area contributed by atoms with Gasteiger partial charge in [0.05, 0.1) is 5.69 Å². The third kappa shape index (κ3) is 2.25. The zero-order chi connectivity index (χ0) is 13.6. The van der Waals surface area contributed by atoms with Gasteiger partial charge < -0.3 is 5.32 Å². The molecule has 18 heavy (non-hydrogen) atoms. The van der Waals surface area contributed by atoms with Crippen LogP contribution in [0.3, 0.4) is 0 Å². The quantitative estimate of drug-likeness (QED) is 0.719. The summed E-state index contributed by atoms with van der Waals surface area (Å²) in [5.74, 6) is -0.509. The van der Waals surface area contributed by atoms with Crippen LogP contribution in [-0.4, -0.2) is 30.1 Å². The van der Waals surface area contributed by atoms with Crippen molar-refractivity contribution in [2.45, 2.75) is 43.5 Å². The molecular formula is C10H16N4O3S. The summed E-state index contributed by atoms with van der Waals surface area (Å²) in [5, 5.41) is 14.1. The number of sulfonamides is 1. The Morgan fingerprint density at radius 2 is 2.11 bits per heavy atom. The van der Waals surface area contributed by atoms with E-state index < -0.39 is 15.9 Å². The normalized spacial score (nSPS) is 18.2. The fourth-order valence-electron chi connectivity index (χ4n) is 2.09. The van der Waals surface area contributed by atoms with Gasteiger partial charge in [0.15, 0.2) is 5.69 Å². The Balaban J connectivity index is 2.31. The zero-order valence-corrected chi connectivity index (χ0v) is 11.1. The fraction of sp³-hybridized carbons (Fsp3) is 0.600. The number of nitrogens with zero attached hydrogens (tertiary/aromatic N) is 1. The van der Waals surface area contributed by atoms with Gasteiger partial charge >= 0.3 is 0 Å². The number of nitrogens with two attached hydrogens (primary N) is 1. The predicted octanol–water partition coefficient (Wildman–Crippen LogP) is 0.0379. The largest absolute Gasteiger partial charge is 0.345 e. The number of carbonyl (C=O) groups excluding carboxylic acids is 1. The number of primary sulfonamides is 1. The third-order valence-corrected chi connectivity index (χ3v) is 4.33. The van der Waals surface area contributed by atoms with Crippen molar-refractivity contribution in [3.05, 3.63) is 11.4 Å². The van der Waals surface area contributed by atoms with Crippen molar-refractivity contribution in [3.8, 4) is 0 Å². The Morgan fingerprint density at radius 3 is 2.56 bits per heavy atom. The highest BCUT2D eigenvalue weighted by Crippen LogP contribution is 2.31. The van der Waals surface area contributed by atoms with E-state index in [4.69, 9.17) is 5.14 Å². The number of aromatic amines is 1. The number of hydrogen-bond donors (Lipinski definition) is 3. The van der Waals surface area contributed by atoms with Crippen molar-refractivity contribution in [2.24, 2.45) is 5.14 Å². The predicted molar refractivity (Wildman–Crippen MR) is 64.4 cm³/mol. The highest BCUT2D eigenvalue weighted by molar-refractivity contribution is 7.89. The number of carbonyl (C=O) groups is 1. The van der Waals surface area contributed by atoms with Gasteiger partial charge in [0.1, 0.15) is 4.90 Å². The minimum Gasteiger partial charge on any atom is -0.345 e. The molecule has 0 radical (unpaired) electrons. The molecule has 1 aromatic rings. The van der Waals surface area contributed by atoms with Crippen LogP contribution in [0.4, 0.5) is 0 Å². The Labute approximate surface area is 105 Å². The molecule has 0 spiro atoms. The van der Waals surface area contributed by atoms with Crippen molar-refractivity contribution in [2.75, 3.05) is 0 Å². The topological polar surface area (TPSA) is 118 Å². The summed E-state index contributed by atoms with van der Waals surface area (Å²) in [7, 11) is -3.96. The molecule has 0 unspecified atom stereocenters. The Kier molecular flexibility index (Phi) is 2.94. The molecule has 0 atom stereocenters. The van der Waals surface area contributed by atoms with Crippen molar-refractivity contribution in [1.29, 1.82) is 0 Å². The van der Waals surface area contributed by atoms with Gasteiger partial charge in [-0.3, -0.25) is 9.89 Å². The molecule has 1 aliphatic carbocycles. The Bertz CT molecular complexity index is 586. The summed E-state index contributed by atoms with van der Waals surface area (Å²) in [6.07, 6.45) is 2.82. The second-order valence-corrected chi connectivity index (χ2v) is 6.44. The van der Waals surface area contributed by atoms with Crippen LogP contribution in [0.5, 0.6) is 0 Å². The molecule has 1 amide bonds. The Hall–Kier alpha value is -1.41. The van der Waals surface area contributed by atoms with Crippen LogP contribution in [0.2, 0.25) is 0 Å². The van der Waals surface area contributed by atoms with Crippen LogP contribution in [0.1, 0.15) is 42.4 Å². The molecule has 0 saturated heterocycles. The van der Waals surface area contributed by atoms with Gasteiger partial charge in [-0.2, -0.15) is 5.10 Å². The lowest BCUT2D eigenvalue weighted by Crippen LogP contribution is -2.51. The SMILES string of the molecule is Cc1[nH]nc(C(=O)NC2(C)CCC2)c1S(N)(=O)=O. The number of aromatic nitrogens is 2. The molecule has 1 heterocycles. The molecule has 8 heteroatoms. The summed E-state index contributed by atoms with van der Waals surface area (Å²) in [5.41, 5.74) is -0.163. The van der Waals surface area contributed by atoms with Gasteiger partial charge in [-0.15, -0.1) is 0 Å². The monoisotopic (exact) mass is 272 g/mol. The molecular weight excluding hydrogens is 256 g/mol. The molecule has 0 aliphatic heterocycles. The molecule has 1 aliphatic rings. The minimum atomic E-state index is -3.96. The highest BCUT2D eigenvalue weighted by atomic mass is 32.2. The first-order chi connectivity index (χ1) is 8.23. The van der Waals surface area contributed by atoms with E-state index in [1.165, 1.54) is 6.92 Å². The fourth-order valence-corrected chi connectivity index (χ4v) is 2.97. The van der Waals surface area contributed by atoms with E-state index in [1.807, 2.05) is 6.92 Å². The molecule has 2 rings (SSSR count). The van der Waals surface area contributed by atoms with Crippen molar-refractivity contribution in [1.82, 2.24) is 15.5 Å². The minimum absolute atomic E-state index is 0.164. The number of hydrogen-bond acceptors (Lipinski definition) is 4. The van der Waals surface area contributed by atoms with Gasteiger partial charge in [-0.25, -0.2) is 13.6 Å². The molecule has 1 saturated carbocycles. The van der Waals surface area contributed by atoms with Crippen LogP contribution in [0.25, 0.3) is 0 Å². The second kappa shape index (κ2) is 4.06. The molecule has 1 aromatic heterocycles. The van der Waals surface area contributed by atoms with Crippen molar-refractivity contribution in [3.63, 3.8) is 0 Å². The average Bonchev–Trinajstić information content (AvgIpc) is 2.57. The van der Waals surface area contributed by atoms with E-state index in [-0.39, 0.29) is 21.8 Å². The first-order valence-electron chi connectivity index (χ1n) is 5.63. The van der Waals surface area contributed by atoms with E-state index in [1.54, 1.807) is 0 Å². The van der Waals surface area contributed by atoms with Crippen LogP contribution >= 0.6 is 0 Å². The summed E-state index contributed by atoms with van der Waals surface area (Å²) in [4.78, 5) is 11.8. The summed E-state index contributed by atoms with van der Waals surface area (Å²) in [6.45, 7) is 3.43. The van der Waals surface area contributed by atoms with E-state index in [0.29, 0.717) is 0 Å². The maximum absolute atomic E-state index is 12.0. The molecule has 0 bridgehead atoms. The number of amides is 1. The number of rotatable bonds is 3. The van der Waals surface area contributed by atoms with Gasteiger partial charge in [-0.05, 0) is 33.1 Å². The highest BCUT2D eigenvalue weighted by Gasteiger charge is 2.35. The van der Waals surface area contributed by atoms with Gasteiger partial charge in [0.25, 0.3) is 5.91 Å². The standard InChI is InChI=1S/C10H16N4O3S/c1-6-8(18(11,16)17)7(14-13-6)9(15)12-10(2)4-3-5-10/h3-5H2,1-2H3,(H,12,15)(H,13,14)(H2,11,16,17). The first-order valence-corrected chi connectivity index (χ1v) is 7.18. The van der Waals surface area contributed by atoms with Crippen LogP contribution in [0.15, 0.2) is 4.90 Å². The van der Waals surface area contributed by atoms with Gasteiger partial charge in [0, 0.05) is 5.54 Å². The van der Waals surface area contributed by atoms with Crippen molar-refractivity contribution >= 4 is 15.9 Å². The van der Waals surface area contributed by atoms with Crippen LogP contribution in [0, 0.1) is 6.92 Å². The van der Waals surface area contributed by atoms with Crippen molar-refractivity contribution < 1.29 is 13.2 Å². The van der Waals surface area contributed by atoms with Crippen LogP contribution in [-0.2, 0) is 10.0 Å². The van der Waals surface area contributed by atoms with E-state index in [0.717, 1.165) is 19.3 Å². The lowest BCUT2D eigenvalue weighted by atomic mass is 9.78. The molecule has 1 fully saturated rings. The average molecular weight is 272 g/mol. The summed E-state index contributed by atoms with van der Waals surface area (Å²) in [6, 6.07) is 0. The van der Waals surface area contributed by atoms with Gasteiger partial charge in [-0.1, -0.05) is 0 Å². The van der Waals surface area contributed by atoms with E-state index in [2.05, 4.69) is 15.5 Å². The van der Waals surface area contributed by atoms with Crippen LogP contribution < -0.4 is 10.5 Å². The Morgan fingerprint density at radius 1 is 1.50 bits per heavy atom. The summed E-state index contributed by atoms with van der Waals surface area (Å²) >= 11 is 0. The zero-order valence-electron chi connectivity index (χ0n) is 10.3. The smallest absolute Gasteiger partial charge is 0.273 e. The number of H-pyrrole nitrogens is 1. The molecule has 4 N–H and O–H groups in total. The first kappa shape index (κ1) is 13.0. The maximum Gasteiger partial charge on any atom is 0.273 e. The third-order valence-electron chi connectivity index (χ3n) is 3.26. The maximum atomic E-state index is 12.0. The second-order valence-electron chi connectivity index (χ2n) is 4.94. The number of aryl methyl sites for hydroxylation is 1. The van der Waals surface area contributed by atoms with E-state index >= 15 is 0 Å². The van der Waals surface area contributed by atoms with E-state index in [9.17, 15) is 13.2 Å². The van der Waals surface area contributed by atoms with Gasteiger partial charge in [0.2, 0.25) is 10.0 Å².